The number of nitrogens with one attached hydrogen (secondary N) is 1. The van der Waals surface area contributed by atoms with Gasteiger partial charge in [-0.15, -0.1) is 0 Å². The van der Waals surface area contributed by atoms with Crippen LogP contribution in [0.2, 0.25) is 0 Å². The Morgan fingerprint density at radius 2 is 1.58 bits per heavy atom. The SMILES string of the molecule is CC[C@H](Cn1ncc2ccccc2c1=O)NC(=O)C(C)c1nn(CC)c(=O)c2ccccc12. The molecule has 2 aromatic carbocycles. The molecule has 2 heterocycles. The fourth-order valence-corrected chi connectivity index (χ4v) is 3.99. The summed E-state index contributed by atoms with van der Waals surface area (Å²) in [6.07, 6.45) is 2.29. The number of rotatable bonds is 7. The van der Waals surface area contributed by atoms with Crippen molar-refractivity contribution in [2.45, 2.75) is 52.2 Å². The van der Waals surface area contributed by atoms with Crippen LogP contribution in [0.4, 0.5) is 0 Å². The molecule has 33 heavy (non-hydrogen) atoms. The molecule has 0 fully saturated rings. The van der Waals surface area contributed by atoms with Gasteiger partial charge in [0.25, 0.3) is 11.1 Å². The van der Waals surface area contributed by atoms with Gasteiger partial charge in [-0.2, -0.15) is 10.2 Å². The van der Waals surface area contributed by atoms with Crippen LogP contribution >= 0.6 is 0 Å². The molecule has 1 unspecified atom stereocenters. The van der Waals surface area contributed by atoms with Crippen LogP contribution in [0, 0.1) is 0 Å². The standard InChI is InChI=1S/C25H27N5O3/c1-4-18(15-30-24(32)19-11-7-6-10-17(19)14-26-30)27-23(31)16(3)22-20-12-8-9-13-21(20)25(33)29(5-2)28-22/h6-14,16,18H,4-5,15H2,1-3H3,(H,27,31)/t16?,18-/m1/s1. The van der Waals surface area contributed by atoms with E-state index in [4.69, 9.17) is 0 Å². The summed E-state index contributed by atoms with van der Waals surface area (Å²) < 4.78 is 2.78. The van der Waals surface area contributed by atoms with E-state index in [1.54, 1.807) is 31.3 Å². The van der Waals surface area contributed by atoms with Crippen LogP contribution in [-0.4, -0.2) is 31.5 Å². The molecule has 0 radical (unpaired) electrons. The summed E-state index contributed by atoms with van der Waals surface area (Å²) in [6.45, 7) is 6.26. The number of carbonyl (C=O) groups is 1. The Balaban J connectivity index is 1.60. The third-order valence-electron chi connectivity index (χ3n) is 5.99. The largest absolute Gasteiger partial charge is 0.351 e. The molecule has 0 aliphatic heterocycles. The number of hydrogen-bond donors (Lipinski definition) is 1. The number of carbonyl (C=O) groups excluding carboxylic acids is 1. The van der Waals surface area contributed by atoms with Gasteiger partial charge in [-0.05, 0) is 32.4 Å². The first-order valence-electron chi connectivity index (χ1n) is 11.2. The van der Waals surface area contributed by atoms with Crippen molar-refractivity contribution in [3.8, 4) is 0 Å². The van der Waals surface area contributed by atoms with E-state index in [1.165, 1.54) is 9.36 Å². The number of aryl methyl sites for hydroxylation is 1. The lowest BCUT2D eigenvalue weighted by molar-refractivity contribution is -0.123. The van der Waals surface area contributed by atoms with E-state index >= 15 is 0 Å². The molecule has 0 aliphatic rings. The molecular weight excluding hydrogens is 418 g/mol. The molecule has 1 N–H and O–H groups in total. The first-order chi connectivity index (χ1) is 15.9. The van der Waals surface area contributed by atoms with Gasteiger partial charge < -0.3 is 5.32 Å². The Morgan fingerprint density at radius 3 is 2.27 bits per heavy atom. The zero-order valence-corrected chi connectivity index (χ0v) is 19.0. The smallest absolute Gasteiger partial charge is 0.274 e. The maximum atomic E-state index is 13.2. The first-order valence-corrected chi connectivity index (χ1v) is 11.2. The van der Waals surface area contributed by atoms with E-state index in [9.17, 15) is 14.4 Å². The highest BCUT2D eigenvalue weighted by atomic mass is 16.2. The molecule has 0 saturated heterocycles. The fraction of sp³-hybridized carbons (Fsp3) is 0.320. The zero-order valence-electron chi connectivity index (χ0n) is 19.0. The van der Waals surface area contributed by atoms with Gasteiger partial charge in [0.1, 0.15) is 0 Å². The molecule has 0 saturated carbocycles. The lowest BCUT2D eigenvalue weighted by Gasteiger charge is -2.21. The summed E-state index contributed by atoms with van der Waals surface area (Å²) in [4.78, 5) is 38.6. The second kappa shape index (κ2) is 9.36. The van der Waals surface area contributed by atoms with Gasteiger partial charge in [0.15, 0.2) is 0 Å². The van der Waals surface area contributed by atoms with Gasteiger partial charge in [0.2, 0.25) is 5.91 Å². The molecule has 8 heteroatoms. The second-order valence-electron chi connectivity index (χ2n) is 8.11. The van der Waals surface area contributed by atoms with Crippen LogP contribution < -0.4 is 16.4 Å². The normalized spacial score (nSPS) is 13.2. The Kier molecular flexibility index (Phi) is 6.35. The van der Waals surface area contributed by atoms with Crippen molar-refractivity contribution in [2.24, 2.45) is 0 Å². The van der Waals surface area contributed by atoms with Crippen LogP contribution in [0.15, 0.2) is 64.3 Å². The van der Waals surface area contributed by atoms with Crippen molar-refractivity contribution in [2.75, 3.05) is 0 Å². The van der Waals surface area contributed by atoms with Crippen LogP contribution in [0.1, 0.15) is 38.8 Å². The average molecular weight is 446 g/mol. The summed E-state index contributed by atoms with van der Waals surface area (Å²) in [6, 6.07) is 14.2. The van der Waals surface area contributed by atoms with E-state index in [1.807, 2.05) is 44.2 Å². The molecule has 8 nitrogen and oxygen atoms in total. The van der Waals surface area contributed by atoms with E-state index in [-0.39, 0.29) is 29.6 Å². The molecule has 170 valence electrons. The highest BCUT2D eigenvalue weighted by molar-refractivity contribution is 5.91. The van der Waals surface area contributed by atoms with Gasteiger partial charge >= 0.3 is 0 Å². The quantitative estimate of drug-likeness (QED) is 0.472. The Bertz CT molecular complexity index is 1440. The lowest BCUT2D eigenvalue weighted by Crippen LogP contribution is -2.42. The number of hydrogen-bond acceptors (Lipinski definition) is 5. The highest BCUT2D eigenvalue weighted by Crippen LogP contribution is 2.22. The maximum absolute atomic E-state index is 13.2. The van der Waals surface area contributed by atoms with Crippen molar-refractivity contribution in [1.29, 1.82) is 0 Å². The summed E-state index contributed by atoms with van der Waals surface area (Å²) in [5.41, 5.74) is 0.203. The Hall–Kier alpha value is -3.81. The lowest BCUT2D eigenvalue weighted by atomic mass is 10.00. The minimum atomic E-state index is -0.580. The summed E-state index contributed by atoms with van der Waals surface area (Å²) in [5, 5.41) is 14.4. The minimum Gasteiger partial charge on any atom is -0.351 e. The number of fused-ring (bicyclic) bond motifs is 2. The van der Waals surface area contributed by atoms with Crippen molar-refractivity contribution >= 4 is 27.5 Å². The van der Waals surface area contributed by atoms with Crippen LogP contribution in [0.3, 0.4) is 0 Å². The minimum absolute atomic E-state index is 0.169. The monoisotopic (exact) mass is 445 g/mol. The predicted octanol–water partition coefficient (Wildman–Crippen LogP) is 2.82. The fourth-order valence-electron chi connectivity index (χ4n) is 3.99. The predicted molar refractivity (Wildman–Crippen MR) is 128 cm³/mol. The van der Waals surface area contributed by atoms with Crippen LogP contribution in [-0.2, 0) is 17.9 Å². The van der Waals surface area contributed by atoms with E-state index < -0.39 is 5.92 Å². The Morgan fingerprint density at radius 1 is 0.939 bits per heavy atom. The molecule has 2 atom stereocenters. The zero-order chi connectivity index (χ0) is 23.5. The van der Waals surface area contributed by atoms with Gasteiger partial charge in [-0.3, -0.25) is 14.4 Å². The third kappa shape index (κ3) is 4.28. The number of benzene rings is 2. The van der Waals surface area contributed by atoms with Gasteiger partial charge in [0, 0.05) is 23.4 Å². The van der Waals surface area contributed by atoms with E-state index in [0.29, 0.717) is 34.8 Å². The molecule has 4 rings (SSSR count). The molecule has 0 bridgehead atoms. The second-order valence-corrected chi connectivity index (χ2v) is 8.11. The van der Waals surface area contributed by atoms with Gasteiger partial charge in [-0.25, -0.2) is 9.36 Å². The molecule has 0 aliphatic carbocycles. The highest BCUT2D eigenvalue weighted by Gasteiger charge is 2.24. The summed E-state index contributed by atoms with van der Waals surface area (Å²) in [5.74, 6) is -0.793. The first kappa shape index (κ1) is 22.4. The summed E-state index contributed by atoms with van der Waals surface area (Å²) >= 11 is 0. The number of aromatic nitrogens is 4. The number of nitrogens with zero attached hydrogens (tertiary/aromatic N) is 4. The van der Waals surface area contributed by atoms with Crippen LogP contribution in [0.25, 0.3) is 21.5 Å². The van der Waals surface area contributed by atoms with Gasteiger partial charge in [0.05, 0.1) is 35.1 Å². The van der Waals surface area contributed by atoms with Gasteiger partial charge in [-0.1, -0.05) is 43.3 Å². The molecular formula is C25H27N5O3. The molecule has 4 aromatic rings. The van der Waals surface area contributed by atoms with E-state index in [2.05, 4.69) is 15.5 Å². The maximum Gasteiger partial charge on any atom is 0.274 e. The van der Waals surface area contributed by atoms with Crippen LogP contribution in [0.5, 0.6) is 0 Å². The molecule has 1 amide bonds. The van der Waals surface area contributed by atoms with E-state index in [0.717, 1.165) is 5.39 Å². The average Bonchev–Trinajstić information content (AvgIpc) is 2.85. The molecule has 0 spiro atoms. The topological polar surface area (TPSA) is 98.9 Å². The van der Waals surface area contributed by atoms with Crippen molar-refractivity contribution in [1.82, 2.24) is 24.9 Å². The van der Waals surface area contributed by atoms with Crippen molar-refractivity contribution in [3.05, 3.63) is 81.1 Å². The number of amides is 1. The third-order valence-corrected chi connectivity index (χ3v) is 5.99. The summed E-state index contributed by atoms with van der Waals surface area (Å²) in [7, 11) is 0. The van der Waals surface area contributed by atoms with Crippen molar-refractivity contribution < 1.29 is 4.79 Å². The Labute approximate surface area is 190 Å². The van der Waals surface area contributed by atoms with Crippen molar-refractivity contribution in [3.63, 3.8) is 0 Å². The molecule has 2 aromatic heterocycles.